The van der Waals surface area contributed by atoms with Crippen molar-refractivity contribution in [3.63, 3.8) is 0 Å². The normalized spacial score (nSPS) is 18.2. The summed E-state index contributed by atoms with van der Waals surface area (Å²) < 4.78 is 5.31. The number of allylic oxidation sites excluding steroid dienone is 1. The first-order chi connectivity index (χ1) is 12.8. The molecule has 2 heterocycles. The van der Waals surface area contributed by atoms with Crippen LogP contribution in [0.3, 0.4) is 0 Å². The largest absolute Gasteiger partial charge is 0.379 e. The van der Waals surface area contributed by atoms with E-state index in [1.165, 1.54) is 31.3 Å². The maximum absolute atomic E-state index is 12.1. The Bertz CT molecular complexity index is 596. The van der Waals surface area contributed by atoms with Crippen molar-refractivity contribution in [2.75, 3.05) is 51.3 Å². The number of hydrogen-bond acceptors (Lipinski definition) is 6. The van der Waals surface area contributed by atoms with Gasteiger partial charge in [-0.2, -0.15) is 0 Å². The molecule has 1 aromatic rings. The summed E-state index contributed by atoms with van der Waals surface area (Å²) in [6, 6.07) is 3.54. The van der Waals surface area contributed by atoms with Crippen molar-refractivity contribution >= 4 is 11.7 Å². The van der Waals surface area contributed by atoms with Gasteiger partial charge in [-0.25, -0.2) is 0 Å². The molecule has 7 heteroatoms. The van der Waals surface area contributed by atoms with Crippen LogP contribution in [0.4, 0.5) is 5.82 Å². The van der Waals surface area contributed by atoms with Gasteiger partial charge in [0.15, 0.2) is 5.69 Å². The highest BCUT2D eigenvalue weighted by Gasteiger charge is 2.12. The fraction of sp³-hybridized carbons (Fsp3) is 0.632. The number of rotatable bonds is 8. The van der Waals surface area contributed by atoms with E-state index in [0.717, 1.165) is 45.8 Å². The molecule has 0 aromatic carbocycles. The third-order valence-corrected chi connectivity index (χ3v) is 4.85. The van der Waals surface area contributed by atoms with Gasteiger partial charge in [-0.15, -0.1) is 10.2 Å². The number of morpholine rings is 1. The second kappa shape index (κ2) is 10.2. The van der Waals surface area contributed by atoms with Crippen LogP contribution >= 0.6 is 0 Å². The number of ether oxygens (including phenoxy) is 1. The molecule has 1 aromatic heterocycles. The zero-order valence-corrected chi connectivity index (χ0v) is 15.4. The number of nitrogens with one attached hydrogen (secondary N) is 2. The molecule has 26 heavy (non-hydrogen) atoms. The Balaban J connectivity index is 1.36. The Morgan fingerprint density at radius 2 is 2.04 bits per heavy atom. The Kier molecular flexibility index (Phi) is 7.39. The molecule has 0 bridgehead atoms. The van der Waals surface area contributed by atoms with Crippen LogP contribution in [0.5, 0.6) is 0 Å². The van der Waals surface area contributed by atoms with Gasteiger partial charge in [0.1, 0.15) is 5.82 Å². The van der Waals surface area contributed by atoms with Gasteiger partial charge in [0.2, 0.25) is 0 Å². The first-order valence-corrected chi connectivity index (χ1v) is 9.65. The molecule has 0 saturated carbocycles. The molecule has 1 fully saturated rings. The first-order valence-electron chi connectivity index (χ1n) is 9.65. The van der Waals surface area contributed by atoms with Crippen LogP contribution in [0.15, 0.2) is 23.8 Å². The van der Waals surface area contributed by atoms with Gasteiger partial charge >= 0.3 is 0 Å². The maximum atomic E-state index is 12.1. The van der Waals surface area contributed by atoms with Gasteiger partial charge in [-0.3, -0.25) is 9.69 Å². The molecule has 3 rings (SSSR count). The lowest BCUT2D eigenvalue weighted by Gasteiger charge is -2.26. The lowest BCUT2D eigenvalue weighted by Crippen LogP contribution is -2.41. The maximum Gasteiger partial charge on any atom is 0.271 e. The van der Waals surface area contributed by atoms with Crippen LogP contribution in [-0.2, 0) is 4.74 Å². The fourth-order valence-corrected chi connectivity index (χ4v) is 3.27. The number of aromatic nitrogens is 2. The topological polar surface area (TPSA) is 79.4 Å². The van der Waals surface area contributed by atoms with E-state index < -0.39 is 0 Å². The molecule has 1 aliphatic heterocycles. The summed E-state index contributed by atoms with van der Waals surface area (Å²) in [7, 11) is 0. The minimum Gasteiger partial charge on any atom is -0.379 e. The third kappa shape index (κ3) is 6.07. The summed E-state index contributed by atoms with van der Waals surface area (Å²) in [4.78, 5) is 14.4. The lowest BCUT2D eigenvalue weighted by atomic mass is 9.97. The number of carbonyl (C=O) groups excluding carboxylic acids is 1. The van der Waals surface area contributed by atoms with E-state index in [4.69, 9.17) is 4.74 Å². The average molecular weight is 359 g/mol. The molecule has 0 unspecified atom stereocenters. The molecular weight excluding hydrogens is 330 g/mol. The monoisotopic (exact) mass is 359 g/mol. The molecule has 7 nitrogen and oxygen atoms in total. The summed E-state index contributed by atoms with van der Waals surface area (Å²) >= 11 is 0. The molecule has 1 saturated heterocycles. The molecule has 2 N–H and O–H groups in total. The SMILES string of the molecule is O=C(NCCN1CCOCC1)c1ccc(NCCC2=CCCCC2)nn1. The summed E-state index contributed by atoms with van der Waals surface area (Å²) in [6.45, 7) is 5.68. The van der Waals surface area contributed by atoms with E-state index in [9.17, 15) is 4.79 Å². The van der Waals surface area contributed by atoms with Gasteiger partial charge in [-0.1, -0.05) is 11.6 Å². The molecule has 0 radical (unpaired) electrons. The molecular formula is C19H29N5O2. The number of nitrogens with zero attached hydrogens (tertiary/aromatic N) is 3. The van der Waals surface area contributed by atoms with Crippen molar-refractivity contribution in [2.24, 2.45) is 0 Å². The summed E-state index contributed by atoms with van der Waals surface area (Å²) in [5.41, 5.74) is 1.89. The average Bonchev–Trinajstić information content (AvgIpc) is 2.70. The van der Waals surface area contributed by atoms with E-state index in [0.29, 0.717) is 18.1 Å². The summed E-state index contributed by atoms with van der Waals surface area (Å²) in [5.74, 6) is 0.538. The number of hydrogen-bond donors (Lipinski definition) is 2. The second-order valence-corrected chi connectivity index (χ2v) is 6.80. The van der Waals surface area contributed by atoms with Gasteiger partial charge in [0, 0.05) is 32.7 Å². The molecule has 2 aliphatic rings. The Hall–Kier alpha value is -1.99. The van der Waals surface area contributed by atoms with E-state index in [2.05, 4.69) is 31.8 Å². The minimum atomic E-state index is -0.176. The van der Waals surface area contributed by atoms with E-state index >= 15 is 0 Å². The lowest BCUT2D eigenvalue weighted by molar-refractivity contribution is 0.0383. The zero-order valence-electron chi connectivity index (χ0n) is 15.4. The van der Waals surface area contributed by atoms with Crippen LogP contribution < -0.4 is 10.6 Å². The van der Waals surface area contributed by atoms with Crippen LogP contribution in [0, 0.1) is 0 Å². The standard InChI is InChI=1S/C19H29N5O2/c25-19(21-10-11-24-12-14-26-15-13-24)17-6-7-18(23-22-17)20-9-8-16-4-2-1-3-5-16/h4,6-7H,1-3,5,8-15H2,(H,20,23)(H,21,25). The molecule has 0 spiro atoms. The Labute approximate surface area is 155 Å². The van der Waals surface area contributed by atoms with Crippen LogP contribution in [0.2, 0.25) is 0 Å². The Morgan fingerprint density at radius 1 is 1.15 bits per heavy atom. The number of amides is 1. The zero-order chi connectivity index (χ0) is 18.0. The van der Waals surface area contributed by atoms with Crippen molar-refractivity contribution in [3.8, 4) is 0 Å². The van der Waals surface area contributed by atoms with Gasteiger partial charge in [0.05, 0.1) is 13.2 Å². The van der Waals surface area contributed by atoms with Crippen molar-refractivity contribution in [1.29, 1.82) is 0 Å². The first kappa shape index (κ1) is 18.8. The number of anilines is 1. The fourth-order valence-electron chi connectivity index (χ4n) is 3.27. The molecule has 1 amide bonds. The van der Waals surface area contributed by atoms with Crippen molar-refractivity contribution in [1.82, 2.24) is 20.4 Å². The minimum absolute atomic E-state index is 0.176. The van der Waals surface area contributed by atoms with Crippen molar-refractivity contribution in [2.45, 2.75) is 32.1 Å². The van der Waals surface area contributed by atoms with E-state index in [-0.39, 0.29) is 5.91 Å². The predicted octanol–water partition coefficient (Wildman–Crippen LogP) is 1.84. The molecule has 142 valence electrons. The highest BCUT2D eigenvalue weighted by Crippen LogP contribution is 2.19. The van der Waals surface area contributed by atoms with Crippen LogP contribution in [0.25, 0.3) is 0 Å². The van der Waals surface area contributed by atoms with Gasteiger partial charge < -0.3 is 15.4 Å². The highest BCUT2D eigenvalue weighted by molar-refractivity contribution is 5.92. The number of carbonyl (C=O) groups is 1. The summed E-state index contributed by atoms with van der Waals surface area (Å²) in [5, 5.41) is 14.3. The van der Waals surface area contributed by atoms with Crippen LogP contribution in [0.1, 0.15) is 42.6 Å². The van der Waals surface area contributed by atoms with Gasteiger partial charge in [0.25, 0.3) is 5.91 Å². The van der Waals surface area contributed by atoms with Crippen molar-refractivity contribution in [3.05, 3.63) is 29.5 Å². The molecule has 1 aliphatic carbocycles. The second-order valence-electron chi connectivity index (χ2n) is 6.80. The highest BCUT2D eigenvalue weighted by atomic mass is 16.5. The van der Waals surface area contributed by atoms with Crippen molar-refractivity contribution < 1.29 is 9.53 Å². The van der Waals surface area contributed by atoms with E-state index in [1.54, 1.807) is 6.07 Å². The van der Waals surface area contributed by atoms with Gasteiger partial charge in [-0.05, 0) is 44.2 Å². The van der Waals surface area contributed by atoms with E-state index in [1.807, 2.05) is 6.07 Å². The molecule has 0 atom stereocenters. The third-order valence-electron chi connectivity index (χ3n) is 4.85. The quantitative estimate of drug-likeness (QED) is 0.690. The summed E-state index contributed by atoms with van der Waals surface area (Å²) in [6.07, 6.45) is 8.47. The predicted molar refractivity (Wildman–Crippen MR) is 101 cm³/mol. The smallest absolute Gasteiger partial charge is 0.271 e. The van der Waals surface area contributed by atoms with Crippen LogP contribution in [-0.4, -0.2) is 66.9 Å². The Morgan fingerprint density at radius 3 is 2.77 bits per heavy atom.